The number of aromatic nitrogens is 5. The van der Waals surface area contributed by atoms with Crippen LogP contribution in [0, 0.1) is 6.92 Å². The van der Waals surface area contributed by atoms with Gasteiger partial charge < -0.3 is 20.7 Å². The average Bonchev–Trinajstić information content (AvgIpc) is 3.05. The molecule has 0 aliphatic rings. The van der Waals surface area contributed by atoms with Crippen molar-refractivity contribution in [3.63, 3.8) is 0 Å². The van der Waals surface area contributed by atoms with Crippen molar-refractivity contribution in [2.45, 2.75) is 20.4 Å². The van der Waals surface area contributed by atoms with Crippen molar-refractivity contribution in [3.05, 3.63) is 29.6 Å². The normalized spacial score (nSPS) is 11.0. The number of nitrogens with two attached hydrogens (primary N) is 1. The number of carbonyl (C=O) groups is 1. The molecular weight excluding hydrogens is 360 g/mol. The van der Waals surface area contributed by atoms with Crippen molar-refractivity contribution in [1.29, 1.82) is 0 Å². The molecule has 3 heterocycles. The number of hydrogen-bond donors (Lipinski definition) is 2. The van der Waals surface area contributed by atoms with Gasteiger partial charge in [-0.15, -0.1) is 0 Å². The fourth-order valence-corrected chi connectivity index (χ4v) is 2.70. The summed E-state index contributed by atoms with van der Waals surface area (Å²) in [4.78, 5) is 27.4. The van der Waals surface area contributed by atoms with Crippen molar-refractivity contribution >= 4 is 34.5 Å². The lowest BCUT2D eigenvalue weighted by molar-refractivity contribution is 0.0995. The number of aryl methyl sites for hydroxylation is 1. The van der Waals surface area contributed by atoms with Crippen LogP contribution in [0.25, 0.3) is 11.0 Å². The smallest absolute Gasteiger partial charge is 0.271 e. The first-order valence-corrected chi connectivity index (χ1v) is 8.92. The van der Waals surface area contributed by atoms with Crippen LogP contribution in [0.1, 0.15) is 23.0 Å². The highest BCUT2D eigenvalue weighted by atomic mass is 16.5. The SMILES string of the molecule is CCN(C)c1nc(Nc2cc(C)ccn2)c2c(n1)c(C(N)=O)nn2CCOC. The van der Waals surface area contributed by atoms with Gasteiger partial charge in [0.05, 0.1) is 13.2 Å². The summed E-state index contributed by atoms with van der Waals surface area (Å²) in [6.45, 7) is 5.49. The zero-order chi connectivity index (χ0) is 20.3. The fraction of sp³-hybridized carbons (Fsp3) is 0.389. The second-order valence-corrected chi connectivity index (χ2v) is 6.36. The van der Waals surface area contributed by atoms with E-state index in [4.69, 9.17) is 10.5 Å². The van der Waals surface area contributed by atoms with E-state index < -0.39 is 5.91 Å². The van der Waals surface area contributed by atoms with E-state index in [1.165, 1.54) is 0 Å². The van der Waals surface area contributed by atoms with Crippen LogP contribution in [0.4, 0.5) is 17.6 Å². The standard InChI is InChI=1S/C18H24N8O2/c1-5-25(3)18-22-13-14(16(19)27)24-26(8-9-28-4)15(13)17(23-18)21-12-10-11(2)6-7-20-12/h6-7,10H,5,8-9H2,1-4H3,(H2,19,27)(H,20,21,22,23). The summed E-state index contributed by atoms with van der Waals surface area (Å²) in [5.74, 6) is 0.934. The van der Waals surface area contributed by atoms with Crippen LogP contribution < -0.4 is 16.0 Å². The van der Waals surface area contributed by atoms with Crippen LogP contribution in [0.3, 0.4) is 0 Å². The minimum absolute atomic E-state index is 0.0968. The maximum Gasteiger partial charge on any atom is 0.271 e. The number of nitrogens with zero attached hydrogens (tertiary/aromatic N) is 6. The van der Waals surface area contributed by atoms with Crippen LogP contribution in [0.2, 0.25) is 0 Å². The molecule has 0 unspecified atom stereocenters. The first-order chi connectivity index (χ1) is 13.4. The Morgan fingerprint density at radius 1 is 1.39 bits per heavy atom. The van der Waals surface area contributed by atoms with Gasteiger partial charge in [0.25, 0.3) is 5.91 Å². The number of carbonyl (C=O) groups excluding carboxylic acids is 1. The summed E-state index contributed by atoms with van der Waals surface area (Å²) in [6.07, 6.45) is 1.71. The summed E-state index contributed by atoms with van der Waals surface area (Å²) in [7, 11) is 3.47. The van der Waals surface area contributed by atoms with Crippen molar-refractivity contribution in [2.75, 3.05) is 37.5 Å². The van der Waals surface area contributed by atoms with E-state index in [1.54, 1.807) is 18.0 Å². The molecule has 3 N–H and O–H groups in total. The lowest BCUT2D eigenvalue weighted by Gasteiger charge is -2.17. The lowest BCUT2D eigenvalue weighted by atomic mass is 10.3. The first kappa shape index (κ1) is 19.5. The minimum atomic E-state index is -0.649. The molecular formula is C18H24N8O2. The highest BCUT2D eigenvalue weighted by Gasteiger charge is 2.23. The molecule has 10 heteroatoms. The van der Waals surface area contributed by atoms with Gasteiger partial charge in [0.15, 0.2) is 11.5 Å². The van der Waals surface area contributed by atoms with Gasteiger partial charge in [0, 0.05) is 26.9 Å². The molecule has 3 aromatic heterocycles. The molecule has 10 nitrogen and oxygen atoms in total. The van der Waals surface area contributed by atoms with E-state index in [1.807, 2.05) is 37.9 Å². The largest absolute Gasteiger partial charge is 0.383 e. The van der Waals surface area contributed by atoms with Crippen LogP contribution in [0.5, 0.6) is 0 Å². The zero-order valence-corrected chi connectivity index (χ0v) is 16.4. The van der Waals surface area contributed by atoms with Gasteiger partial charge in [-0.1, -0.05) is 0 Å². The molecule has 0 atom stereocenters. The quantitative estimate of drug-likeness (QED) is 0.598. The molecule has 0 bridgehead atoms. The summed E-state index contributed by atoms with van der Waals surface area (Å²) in [5.41, 5.74) is 7.67. The number of pyridine rings is 1. The number of methoxy groups -OCH3 is 1. The van der Waals surface area contributed by atoms with Gasteiger partial charge in [-0.2, -0.15) is 10.1 Å². The highest BCUT2D eigenvalue weighted by Crippen LogP contribution is 2.28. The number of nitrogens with one attached hydrogen (secondary N) is 1. The van der Waals surface area contributed by atoms with Crippen molar-refractivity contribution in [3.8, 4) is 0 Å². The molecule has 148 valence electrons. The second-order valence-electron chi connectivity index (χ2n) is 6.36. The maximum atomic E-state index is 12.0. The Bertz CT molecular complexity index is 1000. The third kappa shape index (κ3) is 3.86. The molecule has 0 fully saturated rings. The molecule has 0 aromatic carbocycles. The Balaban J connectivity index is 2.23. The number of primary amides is 1. The number of rotatable bonds is 8. The molecule has 0 aliphatic carbocycles. The molecule has 28 heavy (non-hydrogen) atoms. The van der Waals surface area contributed by atoms with E-state index in [0.29, 0.717) is 48.3 Å². The number of amides is 1. The van der Waals surface area contributed by atoms with E-state index in [2.05, 4.69) is 25.4 Å². The van der Waals surface area contributed by atoms with E-state index in [9.17, 15) is 4.79 Å². The predicted octanol–water partition coefficient (Wildman–Crippen LogP) is 1.47. The third-order valence-corrected chi connectivity index (χ3v) is 4.29. The Labute approximate surface area is 162 Å². The molecule has 0 saturated carbocycles. The van der Waals surface area contributed by atoms with E-state index in [-0.39, 0.29) is 5.69 Å². The summed E-state index contributed by atoms with van der Waals surface area (Å²) >= 11 is 0. The van der Waals surface area contributed by atoms with Crippen LogP contribution in [-0.2, 0) is 11.3 Å². The molecule has 3 rings (SSSR count). The van der Waals surface area contributed by atoms with E-state index >= 15 is 0 Å². The van der Waals surface area contributed by atoms with Crippen LogP contribution in [-0.4, -0.2) is 57.9 Å². The zero-order valence-electron chi connectivity index (χ0n) is 16.4. The molecule has 0 radical (unpaired) electrons. The molecule has 1 amide bonds. The maximum absolute atomic E-state index is 12.0. The Hall–Kier alpha value is -3.27. The average molecular weight is 384 g/mol. The molecule has 3 aromatic rings. The number of ether oxygens (including phenoxy) is 1. The van der Waals surface area contributed by atoms with Gasteiger partial charge in [0.2, 0.25) is 5.95 Å². The van der Waals surface area contributed by atoms with Crippen molar-refractivity contribution < 1.29 is 9.53 Å². The molecule has 0 saturated heterocycles. The van der Waals surface area contributed by atoms with Gasteiger partial charge in [-0.3, -0.25) is 9.48 Å². The molecule has 0 aliphatic heterocycles. The van der Waals surface area contributed by atoms with Gasteiger partial charge >= 0.3 is 0 Å². The van der Waals surface area contributed by atoms with Crippen molar-refractivity contribution in [1.82, 2.24) is 24.7 Å². The second kappa shape index (κ2) is 8.17. The fourth-order valence-electron chi connectivity index (χ4n) is 2.70. The Kier molecular flexibility index (Phi) is 5.69. The molecule has 0 spiro atoms. The number of fused-ring (bicyclic) bond motifs is 1. The highest BCUT2D eigenvalue weighted by molar-refractivity contribution is 6.05. The summed E-state index contributed by atoms with van der Waals surface area (Å²) < 4.78 is 6.79. The first-order valence-electron chi connectivity index (χ1n) is 8.92. The summed E-state index contributed by atoms with van der Waals surface area (Å²) in [6, 6.07) is 3.81. The van der Waals surface area contributed by atoms with Gasteiger partial charge in [-0.25, -0.2) is 9.97 Å². The minimum Gasteiger partial charge on any atom is -0.383 e. The topological polar surface area (TPSA) is 124 Å². The van der Waals surface area contributed by atoms with Crippen LogP contribution in [0.15, 0.2) is 18.3 Å². The number of anilines is 3. The van der Waals surface area contributed by atoms with Crippen LogP contribution >= 0.6 is 0 Å². The monoisotopic (exact) mass is 384 g/mol. The van der Waals surface area contributed by atoms with Gasteiger partial charge in [0.1, 0.15) is 16.9 Å². The lowest BCUT2D eigenvalue weighted by Crippen LogP contribution is -2.20. The number of hydrogen-bond acceptors (Lipinski definition) is 8. The Morgan fingerprint density at radius 2 is 2.18 bits per heavy atom. The third-order valence-electron chi connectivity index (χ3n) is 4.29. The summed E-state index contributed by atoms with van der Waals surface area (Å²) in [5, 5.41) is 7.59. The van der Waals surface area contributed by atoms with Crippen molar-refractivity contribution in [2.24, 2.45) is 5.73 Å². The Morgan fingerprint density at radius 3 is 2.82 bits per heavy atom. The predicted molar refractivity (Wildman–Crippen MR) is 107 cm³/mol. The van der Waals surface area contributed by atoms with Gasteiger partial charge in [-0.05, 0) is 31.5 Å². The van der Waals surface area contributed by atoms with E-state index in [0.717, 1.165) is 5.56 Å².